The van der Waals surface area contributed by atoms with Crippen molar-refractivity contribution in [2.24, 2.45) is 11.8 Å². The third kappa shape index (κ3) is 9.00. The van der Waals surface area contributed by atoms with Crippen molar-refractivity contribution in [1.82, 2.24) is 20.4 Å². The lowest BCUT2D eigenvalue weighted by Crippen LogP contribution is -2.49. The summed E-state index contributed by atoms with van der Waals surface area (Å²) >= 11 is 0. The number of amides is 4. The molecule has 0 aromatic carbocycles. The van der Waals surface area contributed by atoms with Gasteiger partial charge in [0.15, 0.2) is 0 Å². The molecule has 2 fully saturated rings. The number of carbonyl (C=O) groups is 4. The van der Waals surface area contributed by atoms with Crippen LogP contribution in [0.5, 0.6) is 0 Å². The van der Waals surface area contributed by atoms with E-state index in [9.17, 15) is 19.2 Å². The zero-order valence-electron chi connectivity index (χ0n) is 28.9. The minimum absolute atomic E-state index is 0.0128. The predicted octanol–water partition coefficient (Wildman–Crippen LogP) is 4.44. The number of rotatable bonds is 8. The molecule has 4 aliphatic rings. The minimum atomic E-state index is -0.341. The Morgan fingerprint density at radius 1 is 0.682 bits per heavy atom. The fraction of sp³-hybridized carbons (Fsp3) is 0.765. The molecule has 4 amide bonds. The van der Waals surface area contributed by atoms with E-state index in [1.165, 1.54) is 0 Å². The van der Waals surface area contributed by atoms with Crippen LogP contribution in [0, 0.1) is 11.8 Å². The number of hydrogen-bond donors (Lipinski definition) is 2. The molecular formula is C34H56N4O6. The van der Waals surface area contributed by atoms with Gasteiger partial charge in [0.2, 0.25) is 11.8 Å². The Bertz CT molecular complexity index is 1070. The van der Waals surface area contributed by atoms with E-state index >= 15 is 0 Å². The second kappa shape index (κ2) is 13.5. The largest absolute Gasteiger partial charge is 0.490 e. The van der Waals surface area contributed by atoms with Gasteiger partial charge in [0.05, 0.1) is 24.2 Å². The van der Waals surface area contributed by atoms with Crippen LogP contribution in [-0.4, -0.2) is 80.9 Å². The summed E-state index contributed by atoms with van der Waals surface area (Å²) in [5, 5.41) is 5.81. The number of nitrogens with one attached hydrogen (secondary N) is 2. The van der Waals surface area contributed by atoms with E-state index in [0.717, 1.165) is 24.4 Å². The minimum Gasteiger partial charge on any atom is -0.490 e. The number of hydrogen-bond acceptors (Lipinski definition) is 6. The molecule has 10 nitrogen and oxygen atoms in total. The molecule has 4 heterocycles. The highest BCUT2D eigenvalue weighted by molar-refractivity contribution is 5.93. The third-order valence-corrected chi connectivity index (χ3v) is 8.04. The molecule has 2 N–H and O–H groups in total. The van der Waals surface area contributed by atoms with Gasteiger partial charge in [0.25, 0.3) is 11.8 Å². The molecule has 6 atom stereocenters. The number of ether oxygens (including phenoxy) is 2. The lowest BCUT2D eigenvalue weighted by atomic mass is 9.99. The summed E-state index contributed by atoms with van der Waals surface area (Å²) in [4.78, 5) is 52.1. The number of carbonyl (C=O) groups excluding carboxylic acids is 4. The average Bonchev–Trinajstić information content (AvgIpc) is 3.50. The molecule has 248 valence electrons. The zero-order chi connectivity index (χ0) is 33.3. The van der Waals surface area contributed by atoms with Crippen LogP contribution in [0.2, 0.25) is 0 Å². The molecule has 0 bridgehead atoms. The summed E-state index contributed by atoms with van der Waals surface area (Å²) in [5.41, 5.74) is -0.681. The van der Waals surface area contributed by atoms with Crippen molar-refractivity contribution in [3.63, 3.8) is 0 Å². The Hall–Kier alpha value is -3.04. The van der Waals surface area contributed by atoms with Crippen LogP contribution >= 0.6 is 0 Å². The van der Waals surface area contributed by atoms with Crippen molar-refractivity contribution in [1.29, 1.82) is 0 Å². The van der Waals surface area contributed by atoms with E-state index in [-0.39, 0.29) is 71.1 Å². The lowest BCUT2D eigenvalue weighted by molar-refractivity contribution is -0.130. The molecule has 0 saturated carbocycles. The van der Waals surface area contributed by atoms with E-state index in [1.807, 2.05) is 65.2 Å². The van der Waals surface area contributed by atoms with Gasteiger partial charge in [-0.2, -0.15) is 0 Å². The Kier molecular flexibility index (Phi) is 10.9. The molecule has 0 aromatic rings. The van der Waals surface area contributed by atoms with E-state index in [0.29, 0.717) is 24.7 Å². The standard InChI is InChI=1S/2C17H28N2O3/c2*1-10(2)7-13-14(22-17(4,5)6)9-16(21)19(13)12-8-15(20)18-11(12)3/h2*9-13H,7-8H2,1-6H3,(H,18,20)/t2*11-,12-,13-/m00/s1. The SMILES string of the molecule is CC(C)C[C@H]1C(OC(C)(C)C)=CC(=O)N1[C@H]1CC(=O)N[C@H]1C.CC(C)C[C@H]1C(OC(C)(C)C)=CC(=O)N1[C@H]1CC(=O)N[C@H]1C. The monoisotopic (exact) mass is 616 g/mol. The highest BCUT2D eigenvalue weighted by atomic mass is 16.5. The van der Waals surface area contributed by atoms with E-state index in [4.69, 9.17) is 9.47 Å². The van der Waals surface area contributed by atoms with Crippen LogP contribution in [0.3, 0.4) is 0 Å². The van der Waals surface area contributed by atoms with Crippen LogP contribution in [0.4, 0.5) is 0 Å². The van der Waals surface area contributed by atoms with E-state index < -0.39 is 0 Å². The molecule has 0 radical (unpaired) electrons. The molecule has 4 aliphatic heterocycles. The molecule has 44 heavy (non-hydrogen) atoms. The lowest BCUT2D eigenvalue weighted by Gasteiger charge is -2.36. The van der Waals surface area contributed by atoms with Gasteiger partial charge in [-0.25, -0.2) is 0 Å². The normalized spacial score (nSPS) is 29.1. The molecular weight excluding hydrogens is 560 g/mol. The fourth-order valence-corrected chi connectivity index (χ4v) is 6.44. The third-order valence-electron chi connectivity index (χ3n) is 8.04. The fourth-order valence-electron chi connectivity index (χ4n) is 6.44. The van der Waals surface area contributed by atoms with Crippen molar-refractivity contribution in [3.05, 3.63) is 23.7 Å². The first kappa shape index (κ1) is 35.4. The topological polar surface area (TPSA) is 117 Å². The summed E-state index contributed by atoms with van der Waals surface area (Å²) < 4.78 is 12.1. The average molecular weight is 617 g/mol. The van der Waals surface area contributed by atoms with E-state index in [2.05, 4.69) is 38.3 Å². The molecule has 0 unspecified atom stereocenters. The van der Waals surface area contributed by atoms with Gasteiger partial charge in [-0.1, -0.05) is 27.7 Å². The molecule has 10 heteroatoms. The van der Waals surface area contributed by atoms with Crippen LogP contribution in [0.1, 0.15) is 109 Å². The Morgan fingerprint density at radius 3 is 1.23 bits per heavy atom. The highest BCUT2D eigenvalue weighted by Gasteiger charge is 2.46. The van der Waals surface area contributed by atoms with Crippen molar-refractivity contribution in [2.75, 3.05) is 0 Å². The Morgan fingerprint density at radius 2 is 1.00 bits per heavy atom. The molecule has 2 saturated heterocycles. The summed E-state index contributed by atoms with van der Waals surface area (Å²) in [6, 6.07) is -0.386. The second-order valence-corrected chi connectivity index (χ2v) is 15.6. The first-order chi connectivity index (χ1) is 20.2. The summed E-state index contributed by atoms with van der Waals surface area (Å²) in [5.74, 6) is 2.28. The second-order valence-electron chi connectivity index (χ2n) is 15.6. The predicted molar refractivity (Wildman–Crippen MR) is 170 cm³/mol. The highest BCUT2D eigenvalue weighted by Crippen LogP contribution is 2.35. The summed E-state index contributed by atoms with van der Waals surface area (Å²) in [6.07, 6.45) is 5.63. The van der Waals surface area contributed by atoms with Crippen molar-refractivity contribution < 1.29 is 28.7 Å². The maximum Gasteiger partial charge on any atom is 0.250 e. The molecule has 0 spiro atoms. The smallest absolute Gasteiger partial charge is 0.250 e. The van der Waals surface area contributed by atoms with Crippen molar-refractivity contribution in [2.45, 2.75) is 156 Å². The first-order valence-corrected chi connectivity index (χ1v) is 16.2. The van der Waals surface area contributed by atoms with Gasteiger partial charge in [0.1, 0.15) is 22.7 Å². The van der Waals surface area contributed by atoms with Crippen LogP contribution in [0.25, 0.3) is 0 Å². The van der Waals surface area contributed by atoms with Crippen molar-refractivity contribution >= 4 is 23.6 Å². The Labute approximate surface area is 264 Å². The first-order valence-electron chi connectivity index (χ1n) is 16.2. The number of nitrogens with zero attached hydrogens (tertiary/aromatic N) is 2. The van der Waals surface area contributed by atoms with Crippen molar-refractivity contribution in [3.8, 4) is 0 Å². The van der Waals surface area contributed by atoms with Gasteiger partial charge in [0, 0.05) is 37.1 Å². The van der Waals surface area contributed by atoms with Gasteiger partial charge >= 0.3 is 0 Å². The van der Waals surface area contributed by atoms with Gasteiger partial charge in [-0.05, 0) is 80.1 Å². The summed E-state index contributed by atoms with van der Waals surface area (Å²) in [7, 11) is 0. The van der Waals surface area contributed by atoms with E-state index in [1.54, 1.807) is 12.2 Å². The Balaban J connectivity index is 0.000000240. The molecule has 0 aromatic heterocycles. The molecule has 0 aliphatic carbocycles. The van der Waals surface area contributed by atoms with Gasteiger partial charge < -0.3 is 29.9 Å². The summed E-state index contributed by atoms with van der Waals surface area (Å²) in [6.45, 7) is 24.4. The van der Waals surface area contributed by atoms with Crippen LogP contribution in [0.15, 0.2) is 23.7 Å². The van der Waals surface area contributed by atoms with Crippen LogP contribution in [-0.2, 0) is 28.7 Å². The zero-order valence-corrected chi connectivity index (χ0v) is 28.9. The van der Waals surface area contributed by atoms with Gasteiger partial charge in [-0.15, -0.1) is 0 Å². The maximum atomic E-state index is 12.5. The quantitative estimate of drug-likeness (QED) is 0.417. The van der Waals surface area contributed by atoms with Crippen LogP contribution < -0.4 is 10.6 Å². The molecule has 4 rings (SSSR count). The maximum absolute atomic E-state index is 12.5. The van der Waals surface area contributed by atoms with Gasteiger partial charge in [-0.3, -0.25) is 19.2 Å².